The Morgan fingerprint density at radius 3 is 2.67 bits per heavy atom. The summed E-state index contributed by atoms with van der Waals surface area (Å²) in [5, 5.41) is 10.0. The van der Waals surface area contributed by atoms with Gasteiger partial charge in [0.05, 0.1) is 0 Å². The first-order chi connectivity index (χ1) is 8.81. The summed E-state index contributed by atoms with van der Waals surface area (Å²) in [6, 6.07) is 6.04. The third kappa shape index (κ3) is 1.93. The number of hydrogen-bond acceptors (Lipinski definition) is 2. The molecule has 3 N–H and O–H groups in total. The van der Waals surface area contributed by atoms with E-state index in [1.807, 2.05) is 12.1 Å². The third-order valence-corrected chi connectivity index (χ3v) is 5.03. The van der Waals surface area contributed by atoms with Crippen molar-refractivity contribution in [3.63, 3.8) is 0 Å². The molecule has 0 aromatic heterocycles. The van der Waals surface area contributed by atoms with Crippen molar-refractivity contribution < 1.29 is 5.11 Å². The standard InChI is InChI=1S/C16H23NO/c17-10-12-8-9-13-14(6-3-7-15(13)18)16(12)11-4-1-2-5-11/h3,6-7,11-12,16,18H,1-2,4-5,8-10,17H2. The van der Waals surface area contributed by atoms with E-state index < -0.39 is 0 Å². The molecule has 0 heterocycles. The molecule has 0 radical (unpaired) electrons. The van der Waals surface area contributed by atoms with E-state index in [2.05, 4.69) is 6.07 Å². The lowest BCUT2D eigenvalue weighted by Crippen LogP contribution is -2.31. The monoisotopic (exact) mass is 245 g/mol. The molecule has 2 heteroatoms. The molecular weight excluding hydrogens is 222 g/mol. The summed E-state index contributed by atoms with van der Waals surface area (Å²) in [5.41, 5.74) is 8.58. The highest BCUT2D eigenvalue weighted by atomic mass is 16.3. The van der Waals surface area contributed by atoms with Crippen LogP contribution in [0.25, 0.3) is 0 Å². The van der Waals surface area contributed by atoms with Crippen LogP contribution >= 0.6 is 0 Å². The lowest BCUT2D eigenvalue weighted by atomic mass is 9.68. The van der Waals surface area contributed by atoms with Crippen molar-refractivity contribution in [2.24, 2.45) is 17.6 Å². The average Bonchev–Trinajstić information content (AvgIpc) is 2.91. The number of phenols is 1. The van der Waals surface area contributed by atoms with Crippen LogP contribution in [0.2, 0.25) is 0 Å². The van der Waals surface area contributed by atoms with Crippen molar-refractivity contribution in [1.29, 1.82) is 0 Å². The van der Waals surface area contributed by atoms with Gasteiger partial charge in [0, 0.05) is 0 Å². The summed E-state index contributed by atoms with van der Waals surface area (Å²) in [5.74, 6) is 2.49. The van der Waals surface area contributed by atoms with Gasteiger partial charge in [0.25, 0.3) is 0 Å². The van der Waals surface area contributed by atoms with Crippen molar-refractivity contribution in [2.45, 2.75) is 44.4 Å². The van der Waals surface area contributed by atoms with Crippen LogP contribution in [0.15, 0.2) is 18.2 Å². The minimum absolute atomic E-state index is 0.492. The van der Waals surface area contributed by atoms with Crippen molar-refractivity contribution in [3.8, 4) is 5.75 Å². The van der Waals surface area contributed by atoms with E-state index in [1.54, 1.807) is 0 Å². The molecule has 2 atom stereocenters. The fourth-order valence-electron chi connectivity index (χ4n) is 4.16. The second-order valence-corrected chi connectivity index (χ2v) is 5.95. The van der Waals surface area contributed by atoms with Crippen molar-refractivity contribution in [3.05, 3.63) is 29.3 Å². The summed E-state index contributed by atoms with van der Waals surface area (Å²) in [4.78, 5) is 0. The van der Waals surface area contributed by atoms with Crippen molar-refractivity contribution >= 4 is 0 Å². The van der Waals surface area contributed by atoms with E-state index >= 15 is 0 Å². The zero-order valence-electron chi connectivity index (χ0n) is 10.9. The fraction of sp³-hybridized carbons (Fsp3) is 0.625. The van der Waals surface area contributed by atoms with E-state index in [4.69, 9.17) is 5.73 Å². The topological polar surface area (TPSA) is 46.2 Å². The molecule has 0 aliphatic heterocycles. The van der Waals surface area contributed by atoms with E-state index in [9.17, 15) is 5.11 Å². The van der Waals surface area contributed by atoms with Crippen LogP contribution in [0.1, 0.15) is 49.1 Å². The third-order valence-electron chi connectivity index (χ3n) is 5.03. The molecule has 0 bridgehead atoms. The predicted octanol–water partition coefficient (Wildman–Crippen LogP) is 3.19. The quantitative estimate of drug-likeness (QED) is 0.840. The highest BCUT2D eigenvalue weighted by Crippen LogP contribution is 2.48. The molecule has 0 spiro atoms. The van der Waals surface area contributed by atoms with Crippen LogP contribution < -0.4 is 5.73 Å². The smallest absolute Gasteiger partial charge is 0.119 e. The lowest BCUT2D eigenvalue weighted by Gasteiger charge is -2.37. The summed E-state index contributed by atoms with van der Waals surface area (Å²) in [6.07, 6.45) is 7.56. The van der Waals surface area contributed by atoms with Crippen LogP contribution in [-0.4, -0.2) is 11.7 Å². The molecule has 1 saturated carbocycles. The van der Waals surface area contributed by atoms with Gasteiger partial charge < -0.3 is 10.8 Å². The Morgan fingerprint density at radius 2 is 1.94 bits per heavy atom. The highest BCUT2D eigenvalue weighted by molar-refractivity contribution is 5.43. The van der Waals surface area contributed by atoms with Gasteiger partial charge in [0.1, 0.15) is 5.75 Å². The van der Waals surface area contributed by atoms with E-state index in [1.165, 1.54) is 36.8 Å². The van der Waals surface area contributed by atoms with Crippen LogP contribution in [0, 0.1) is 11.8 Å². The van der Waals surface area contributed by atoms with Crippen LogP contribution in [0.3, 0.4) is 0 Å². The molecule has 1 aromatic rings. The van der Waals surface area contributed by atoms with Crippen LogP contribution in [0.4, 0.5) is 0 Å². The number of phenolic OH excluding ortho intramolecular Hbond substituents is 1. The Bertz CT molecular complexity index is 423. The molecule has 2 aliphatic carbocycles. The number of nitrogens with two attached hydrogens (primary N) is 1. The van der Waals surface area contributed by atoms with Gasteiger partial charge >= 0.3 is 0 Å². The molecule has 18 heavy (non-hydrogen) atoms. The summed E-state index contributed by atoms with van der Waals surface area (Å²) in [6.45, 7) is 0.788. The Kier molecular flexibility index (Phi) is 3.29. The Labute approximate surface area is 109 Å². The highest BCUT2D eigenvalue weighted by Gasteiger charge is 2.36. The maximum atomic E-state index is 10.0. The van der Waals surface area contributed by atoms with Crippen LogP contribution in [-0.2, 0) is 6.42 Å². The maximum Gasteiger partial charge on any atom is 0.119 e. The molecule has 3 rings (SSSR count). The zero-order valence-corrected chi connectivity index (χ0v) is 10.9. The predicted molar refractivity (Wildman–Crippen MR) is 73.7 cm³/mol. The molecule has 98 valence electrons. The van der Waals surface area contributed by atoms with Crippen molar-refractivity contribution in [2.75, 3.05) is 6.54 Å². The molecule has 2 aliphatic rings. The molecule has 1 aromatic carbocycles. The first-order valence-corrected chi connectivity index (χ1v) is 7.32. The Morgan fingerprint density at radius 1 is 1.17 bits per heavy atom. The SMILES string of the molecule is NCC1CCc2c(O)cccc2C1C1CCCC1. The Hall–Kier alpha value is -1.02. The minimum atomic E-state index is 0.492. The first kappa shape index (κ1) is 12.0. The molecule has 0 saturated heterocycles. The molecule has 2 nitrogen and oxygen atoms in total. The van der Waals surface area contributed by atoms with Gasteiger partial charge in [0.2, 0.25) is 0 Å². The average molecular weight is 245 g/mol. The number of fused-ring (bicyclic) bond motifs is 1. The molecule has 2 unspecified atom stereocenters. The molecular formula is C16H23NO. The number of rotatable bonds is 2. The number of benzene rings is 1. The van der Waals surface area contributed by atoms with Crippen molar-refractivity contribution in [1.82, 2.24) is 0 Å². The summed E-state index contributed by atoms with van der Waals surface area (Å²) >= 11 is 0. The normalized spacial score (nSPS) is 28.3. The van der Waals surface area contributed by atoms with Gasteiger partial charge in [-0.3, -0.25) is 0 Å². The first-order valence-electron chi connectivity index (χ1n) is 7.32. The second-order valence-electron chi connectivity index (χ2n) is 5.95. The molecule has 1 fully saturated rings. The van der Waals surface area contributed by atoms with Crippen LogP contribution in [0.5, 0.6) is 5.75 Å². The van der Waals surface area contributed by atoms with Gasteiger partial charge in [-0.2, -0.15) is 0 Å². The maximum absolute atomic E-state index is 10.0. The summed E-state index contributed by atoms with van der Waals surface area (Å²) < 4.78 is 0. The zero-order chi connectivity index (χ0) is 12.5. The van der Waals surface area contributed by atoms with Gasteiger partial charge in [-0.25, -0.2) is 0 Å². The minimum Gasteiger partial charge on any atom is -0.508 e. The van der Waals surface area contributed by atoms with Gasteiger partial charge in [-0.05, 0) is 67.2 Å². The Balaban J connectivity index is 2.00. The fourth-order valence-corrected chi connectivity index (χ4v) is 4.16. The number of hydrogen-bond donors (Lipinski definition) is 2. The van der Waals surface area contributed by atoms with Gasteiger partial charge in [-0.15, -0.1) is 0 Å². The largest absolute Gasteiger partial charge is 0.508 e. The number of aromatic hydroxyl groups is 1. The van der Waals surface area contributed by atoms with E-state index in [-0.39, 0.29) is 0 Å². The summed E-state index contributed by atoms with van der Waals surface area (Å²) in [7, 11) is 0. The lowest BCUT2D eigenvalue weighted by molar-refractivity contribution is 0.282. The van der Waals surface area contributed by atoms with Gasteiger partial charge in [0.15, 0.2) is 0 Å². The molecule has 0 amide bonds. The van der Waals surface area contributed by atoms with E-state index in [0.717, 1.165) is 25.3 Å². The second kappa shape index (κ2) is 4.93. The van der Waals surface area contributed by atoms with Gasteiger partial charge in [-0.1, -0.05) is 25.0 Å². The van der Waals surface area contributed by atoms with E-state index in [0.29, 0.717) is 17.6 Å².